The molecule has 23 heavy (non-hydrogen) atoms. The number of aromatic nitrogens is 2. The average Bonchev–Trinajstić information content (AvgIpc) is 2.61. The van der Waals surface area contributed by atoms with E-state index in [2.05, 4.69) is 38.4 Å². The second kappa shape index (κ2) is 6.77. The van der Waals surface area contributed by atoms with Crippen LogP contribution in [0.3, 0.4) is 0 Å². The fourth-order valence-electron chi connectivity index (χ4n) is 2.75. The predicted molar refractivity (Wildman–Crippen MR) is 91.0 cm³/mol. The zero-order valence-electron chi connectivity index (χ0n) is 13.6. The Morgan fingerprint density at radius 2 is 2.13 bits per heavy atom. The van der Waals surface area contributed by atoms with Crippen LogP contribution >= 0.6 is 0 Å². The van der Waals surface area contributed by atoms with Crippen LogP contribution in [-0.2, 0) is 6.42 Å². The van der Waals surface area contributed by atoms with Crippen molar-refractivity contribution in [3.8, 4) is 0 Å². The van der Waals surface area contributed by atoms with Crippen molar-refractivity contribution in [1.82, 2.24) is 15.3 Å². The van der Waals surface area contributed by atoms with Crippen LogP contribution < -0.4 is 10.2 Å². The molecule has 0 saturated heterocycles. The number of aryl methyl sites for hydroxylation is 1. The average molecular weight is 310 g/mol. The smallest absolute Gasteiger partial charge is 0.271 e. The van der Waals surface area contributed by atoms with E-state index in [-0.39, 0.29) is 11.9 Å². The van der Waals surface area contributed by atoms with Crippen LogP contribution in [0.2, 0.25) is 0 Å². The standard InChI is InChI=1S/C18H22N4O/c1-3-13(2)21-18(23)15-11-20-17(12-19-15)22-10-6-8-14-7-4-5-9-16(14)22/h4-5,7,9,11-13H,3,6,8,10H2,1-2H3,(H,21,23). The fourth-order valence-corrected chi connectivity index (χ4v) is 2.75. The van der Waals surface area contributed by atoms with Gasteiger partial charge in [0, 0.05) is 18.3 Å². The number of fused-ring (bicyclic) bond motifs is 1. The van der Waals surface area contributed by atoms with Gasteiger partial charge in [-0.15, -0.1) is 0 Å². The number of hydrogen-bond acceptors (Lipinski definition) is 4. The number of rotatable bonds is 4. The Morgan fingerprint density at radius 3 is 2.87 bits per heavy atom. The zero-order chi connectivity index (χ0) is 16.2. The molecule has 1 aromatic heterocycles. The van der Waals surface area contributed by atoms with Gasteiger partial charge in [-0.2, -0.15) is 0 Å². The molecule has 1 aliphatic rings. The second-order valence-corrected chi connectivity index (χ2v) is 5.93. The van der Waals surface area contributed by atoms with E-state index in [9.17, 15) is 4.79 Å². The van der Waals surface area contributed by atoms with Gasteiger partial charge in [0.05, 0.1) is 12.4 Å². The fraction of sp³-hybridized carbons (Fsp3) is 0.389. The third-order valence-electron chi connectivity index (χ3n) is 4.25. The Kier molecular flexibility index (Phi) is 4.55. The minimum atomic E-state index is -0.169. The van der Waals surface area contributed by atoms with Gasteiger partial charge in [0.2, 0.25) is 0 Å². The van der Waals surface area contributed by atoms with Gasteiger partial charge < -0.3 is 10.2 Å². The van der Waals surface area contributed by atoms with Gasteiger partial charge in [-0.05, 0) is 37.8 Å². The van der Waals surface area contributed by atoms with E-state index in [1.165, 1.54) is 11.3 Å². The third-order valence-corrected chi connectivity index (χ3v) is 4.25. The topological polar surface area (TPSA) is 58.1 Å². The molecule has 2 aromatic rings. The minimum Gasteiger partial charge on any atom is -0.348 e. The molecule has 0 spiro atoms. The lowest BCUT2D eigenvalue weighted by Crippen LogP contribution is -2.32. The molecular weight excluding hydrogens is 288 g/mol. The Hall–Kier alpha value is -2.43. The normalized spacial score (nSPS) is 15.0. The number of anilines is 2. The van der Waals surface area contributed by atoms with Gasteiger partial charge in [0.1, 0.15) is 5.69 Å². The molecule has 1 amide bonds. The van der Waals surface area contributed by atoms with Crippen LogP contribution in [0.25, 0.3) is 0 Å². The van der Waals surface area contributed by atoms with E-state index in [1.807, 2.05) is 19.9 Å². The lowest BCUT2D eigenvalue weighted by molar-refractivity contribution is 0.0934. The third kappa shape index (κ3) is 3.33. The number of carbonyl (C=O) groups is 1. The maximum atomic E-state index is 12.1. The summed E-state index contributed by atoms with van der Waals surface area (Å²) in [6.07, 6.45) is 6.32. The number of para-hydroxylation sites is 1. The molecule has 2 heterocycles. The molecule has 0 bridgehead atoms. The first-order chi connectivity index (χ1) is 11.2. The maximum Gasteiger partial charge on any atom is 0.271 e. The highest BCUT2D eigenvalue weighted by Crippen LogP contribution is 2.31. The Morgan fingerprint density at radius 1 is 1.30 bits per heavy atom. The van der Waals surface area contributed by atoms with Crippen molar-refractivity contribution in [2.24, 2.45) is 0 Å². The summed E-state index contributed by atoms with van der Waals surface area (Å²) in [5.41, 5.74) is 2.88. The van der Waals surface area contributed by atoms with Gasteiger partial charge in [-0.3, -0.25) is 4.79 Å². The number of carbonyl (C=O) groups excluding carboxylic acids is 1. The molecule has 0 radical (unpaired) electrons. The molecule has 0 saturated carbocycles. The van der Waals surface area contributed by atoms with Crippen molar-refractivity contribution in [3.05, 3.63) is 47.9 Å². The molecule has 1 unspecified atom stereocenters. The summed E-state index contributed by atoms with van der Waals surface area (Å²) < 4.78 is 0. The quantitative estimate of drug-likeness (QED) is 0.943. The van der Waals surface area contributed by atoms with E-state index in [4.69, 9.17) is 0 Å². The maximum absolute atomic E-state index is 12.1. The molecule has 120 valence electrons. The van der Waals surface area contributed by atoms with Crippen LogP contribution in [0.1, 0.15) is 42.7 Å². The van der Waals surface area contributed by atoms with E-state index in [0.29, 0.717) is 5.69 Å². The summed E-state index contributed by atoms with van der Waals surface area (Å²) in [7, 11) is 0. The largest absolute Gasteiger partial charge is 0.348 e. The minimum absolute atomic E-state index is 0.137. The van der Waals surface area contributed by atoms with Crippen LogP contribution in [0.4, 0.5) is 11.5 Å². The van der Waals surface area contributed by atoms with Crippen molar-refractivity contribution in [3.63, 3.8) is 0 Å². The van der Waals surface area contributed by atoms with Gasteiger partial charge >= 0.3 is 0 Å². The lowest BCUT2D eigenvalue weighted by Gasteiger charge is -2.30. The Bertz CT molecular complexity index is 684. The molecule has 0 aliphatic carbocycles. The van der Waals surface area contributed by atoms with E-state index in [0.717, 1.165) is 31.6 Å². The van der Waals surface area contributed by atoms with Crippen LogP contribution in [0.15, 0.2) is 36.7 Å². The van der Waals surface area contributed by atoms with Crippen molar-refractivity contribution in [2.75, 3.05) is 11.4 Å². The molecule has 0 fully saturated rings. The summed E-state index contributed by atoms with van der Waals surface area (Å²) in [4.78, 5) is 23.0. The van der Waals surface area contributed by atoms with Gasteiger partial charge in [0.25, 0.3) is 5.91 Å². The van der Waals surface area contributed by atoms with Crippen molar-refractivity contribution in [2.45, 2.75) is 39.2 Å². The second-order valence-electron chi connectivity index (χ2n) is 5.93. The molecular formula is C18H22N4O. The van der Waals surface area contributed by atoms with Gasteiger partial charge in [-0.25, -0.2) is 9.97 Å². The van der Waals surface area contributed by atoms with Gasteiger partial charge in [0.15, 0.2) is 5.82 Å². The molecule has 1 atom stereocenters. The number of nitrogens with one attached hydrogen (secondary N) is 1. The van der Waals surface area contributed by atoms with E-state index >= 15 is 0 Å². The SMILES string of the molecule is CCC(C)NC(=O)c1cnc(N2CCCc3ccccc32)cn1. The molecule has 1 N–H and O–H groups in total. The summed E-state index contributed by atoms with van der Waals surface area (Å²) in [6.45, 7) is 4.93. The van der Waals surface area contributed by atoms with E-state index < -0.39 is 0 Å². The highest BCUT2D eigenvalue weighted by Gasteiger charge is 2.19. The highest BCUT2D eigenvalue weighted by molar-refractivity contribution is 5.92. The Balaban J connectivity index is 1.79. The summed E-state index contributed by atoms with van der Waals surface area (Å²) >= 11 is 0. The number of amides is 1. The molecule has 1 aliphatic heterocycles. The molecule has 3 rings (SSSR count). The van der Waals surface area contributed by atoms with Gasteiger partial charge in [-0.1, -0.05) is 25.1 Å². The van der Waals surface area contributed by atoms with Crippen molar-refractivity contribution >= 4 is 17.4 Å². The summed E-state index contributed by atoms with van der Waals surface area (Å²) in [6, 6.07) is 8.51. The van der Waals surface area contributed by atoms with E-state index in [1.54, 1.807) is 12.4 Å². The number of nitrogens with zero attached hydrogens (tertiary/aromatic N) is 3. The van der Waals surface area contributed by atoms with Crippen LogP contribution in [0, 0.1) is 0 Å². The highest BCUT2D eigenvalue weighted by atomic mass is 16.1. The first kappa shape index (κ1) is 15.5. The summed E-state index contributed by atoms with van der Waals surface area (Å²) in [5, 5.41) is 2.91. The predicted octanol–water partition coefficient (Wildman–Crippen LogP) is 3.09. The van der Waals surface area contributed by atoms with Crippen LogP contribution in [0.5, 0.6) is 0 Å². The lowest BCUT2D eigenvalue weighted by atomic mass is 10.0. The first-order valence-electron chi connectivity index (χ1n) is 8.17. The zero-order valence-corrected chi connectivity index (χ0v) is 13.6. The van der Waals surface area contributed by atoms with Crippen LogP contribution in [-0.4, -0.2) is 28.5 Å². The number of benzene rings is 1. The van der Waals surface area contributed by atoms with Crippen molar-refractivity contribution < 1.29 is 4.79 Å². The number of hydrogen-bond donors (Lipinski definition) is 1. The van der Waals surface area contributed by atoms with Crippen molar-refractivity contribution in [1.29, 1.82) is 0 Å². The monoisotopic (exact) mass is 310 g/mol. The summed E-state index contributed by atoms with van der Waals surface area (Å²) in [5.74, 6) is 0.620. The molecule has 5 heteroatoms. The molecule has 1 aromatic carbocycles. The molecule has 5 nitrogen and oxygen atoms in total. The first-order valence-corrected chi connectivity index (χ1v) is 8.17. The Labute approximate surface area is 136 Å².